The molecule has 31 heavy (non-hydrogen) atoms. The van der Waals surface area contributed by atoms with E-state index in [0.717, 1.165) is 0 Å². The van der Waals surface area contributed by atoms with Crippen molar-refractivity contribution in [3.63, 3.8) is 0 Å². The molecule has 0 aromatic carbocycles. The zero-order valence-corrected chi connectivity index (χ0v) is 18.4. The molecular formula is C21H26N4O5S. The Labute approximate surface area is 180 Å². The number of rotatable bonds is 8. The van der Waals surface area contributed by atoms with Crippen LogP contribution in [0.15, 0.2) is 28.9 Å². The van der Waals surface area contributed by atoms with Gasteiger partial charge in [0.25, 0.3) is 5.91 Å². The number of carbonyl (C=O) groups is 1. The molecule has 10 heteroatoms. The van der Waals surface area contributed by atoms with Crippen LogP contribution in [-0.2, 0) is 14.6 Å². The number of aryl methyl sites for hydroxylation is 1. The third kappa shape index (κ3) is 4.49. The van der Waals surface area contributed by atoms with Gasteiger partial charge in [0.05, 0.1) is 40.5 Å². The lowest BCUT2D eigenvalue weighted by molar-refractivity contribution is 0.0945. The minimum Gasteiger partial charge on any atom is -0.463 e. The van der Waals surface area contributed by atoms with Gasteiger partial charge in [-0.1, -0.05) is 0 Å². The molecule has 1 aliphatic rings. The smallest absolute Gasteiger partial charge is 0.252 e. The molecule has 0 saturated carbocycles. The van der Waals surface area contributed by atoms with Gasteiger partial charge >= 0.3 is 0 Å². The Morgan fingerprint density at radius 2 is 2.26 bits per heavy atom. The van der Waals surface area contributed by atoms with Crippen molar-refractivity contribution in [2.24, 2.45) is 0 Å². The molecule has 1 unspecified atom stereocenters. The summed E-state index contributed by atoms with van der Waals surface area (Å²) in [6.07, 6.45) is 2.72. The predicted octanol–water partition coefficient (Wildman–Crippen LogP) is 2.52. The number of amides is 1. The molecule has 1 fully saturated rings. The van der Waals surface area contributed by atoms with E-state index in [1.54, 1.807) is 29.1 Å². The van der Waals surface area contributed by atoms with Crippen molar-refractivity contribution in [3.8, 4) is 11.5 Å². The van der Waals surface area contributed by atoms with Gasteiger partial charge < -0.3 is 14.5 Å². The lowest BCUT2D eigenvalue weighted by Gasteiger charge is -2.11. The van der Waals surface area contributed by atoms with Crippen molar-refractivity contribution in [1.29, 1.82) is 0 Å². The molecule has 9 nitrogen and oxygen atoms in total. The first-order valence-electron chi connectivity index (χ1n) is 10.4. The summed E-state index contributed by atoms with van der Waals surface area (Å²) in [5.74, 6) is 0.438. The average Bonchev–Trinajstić information content (AvgIpc) is 3.46. The summed E-state index contributed by atoms with van der Waals surface area (Å²) in [6.45, 7) is 5.43. The second-order valence-corrected chi connectivity index (χ2v) is 9.85. The number of sulfone groups is 1. The highest BCUT2D eigenvalue weighted by Gasteiger charge is 2.32. The van der Waals surface area contributed by atoms with E-state index >= 15 is 0 Å². The lowest BCUT2D eigenvalue weighted by atomic mass is 10.1. The molecule has 166 valence electrons. The van der Waals surface area contributed by atoms with E-state index in [1.165, 1.54) is 0 Å². The van der Waals surface area contributed by atoms with Crippen LogP contribution < -0.4 is 5.32 Å². The summed E-state index contributed by atoms with van der Waals surface area (Å²) in [5.41, 5.74) is 2.07. The second-order valence-electron chi connectivity index (χ2n) is 7.62. The summed E-state index contributed by atoms with van der Waals surface area (Å²) in [6, 6.07) is 4.91. The first kappa shape index (κ1) is 21.5. The predicted molar refractivity (Wildman–Crippen MR) is 116 cm³/mol. The fourth-order valence-electron chi connectivity index (χ4n) is 3.88. The van der Waals surface area contributed by atoms with Crippen LogP contribution in [0.1, 0.15) is 41.9 Å². The van der Waals surface area contributed by atoms with E-state index in [9.17, 15) is 13.2 Å². The molecule has 4 heterocycles. The maximum absolute atomic E-state index is 13.1. The van der Waals surface area contributed by atoms with E-state index in [4.69, 9.17) is 14.1 Å². The average molecular weight is 447 g/mol. The minimum atomic E-state index is -3.10. The van der Waals surface area contributed by atoms with Crippen LogP contribution >= 0.6 is 0 Å². The van der Waals surface area contributed by atoms with Crippen LogP contribution in [0.4, 0.5) is 0 Å². The van der Waals surface area contributed by atoms with Gasteiger partial charge in [0, 0.05) is 19.8 Å². The lowest BCUT2D eigenvalue weighted by Crippen LogP contribution is -2.25. The fourth-order valence-corrected chi connectivity index (χ4v) is 5.57. The Morgan fingerprint density at radius 3 is 2.94 bits per heavy atom. The number of fused-ring (bicyclic) bond motifs is 1. The van der Waals surface area contributed by atoms with Gasteiger partial charge in [0.1, 0.15) is 5.69 Å². The van der Waals surface area contributed by atoms with Crippen LogP contribution in [0.3, 0.4) is 0 Å². The highest BCUT2D eigenvalue weighted by Crippen LogP contribution is 2.32. The minimum absolute atomic E-state index is 0.0227. The molecule has 0 aliphatic carbocycles. The fraction of sp³-hybridized carbons (Fsp3) is 0.476. The molecule has 1 N–H and O–H groups in total. The van der Waals surface area contributed by atoms with E-state index in [2.05, 4.69) is 10.4 Å². The number of pyridine rings is 1. The number of furan rings is 1. The number of ether oxygens (including phenoxy) is 1. The molecular weight excluding hydrogens is 420 g/mol. The van der Waals surface area contributed by atoms with Crippen LogP contribution in [0.25, 0.3) is 22.5 Å². The molecule has 1 atom stereocenters. The van der Waals surface area contributed by atoms with E-state index < -0.39 is 9.84 Å². The molecule has 1 saturated heterocycles. The third-order valence-corrected chi connectivity index (χ3v) is 7.11. The highest BCUT2D eigenvalue weighted by atomic mass is 32.2. The number of nitrogens with zero attached hydrogens (tertiary/aromatic N) is 3. The largest absolute Gasteiger partial charge is 0.463 e. The van der Waals surface area contributed by atoms with Gasteiger partial charge in [-0.2, -0.15) is 5.10 Å². The van der Waals surface area contributed by atoms with Crippen LogP contribution in [0.5, 0.6) is 0 Å². The van der Waals surface area contributed by atoms with Gasteiger partial charge in [0.2, 0.25) is 0 Å². The van der Waals surface area contributed by atoms with Crippen molar-refractivity contribution in [3.05, 3.63) is 35.7 Å². The van der Waals surface area contributed by atoms with Gasteiger partial charge in [-0.05, 0) is 44.9 Å². The van der Waals surface area contributed by atoms with Crippen molar-refractivity contribution in [2.45, 2.75) is 32.7 Å². The molecule has 0 radical (unpaired) electrons. The van der Waals surface area contributed by atoms with Gasteiger partial charge in [0.15, 0.2) is 21.2 Å². The summed E-state index contributed by atoms with van der Waals surface area (Å²) in [5, 5.41) is 8.14. The van der Waals surface area contributed by atoms with Crippen LogP contribution in [-0.4, -0.2) is 60.4 Å². The molecule has 0 spiro atoms. The van der Waals surface area contributed by atoms with E-state index in [1.807, 2.05) is 13.8 Å². The number of carbonyl (C=O) groups excluding carboxylic acids is 1. The Kier molecular flexibility index (Phi) is 6.10. The standard InChI is InChI=1S/C21H26N4O5S/c1-3-29-9-5-8-22-21(26)16-12-17(18-6-4-10-30-18)23-20-19(16)14(2)24-25(20)15-7-11-31(27,28)13-15/h4,6,10,12,15H,3,5,7-9,11,13H2,1-2H3,(H,22,26). The normalized spacial score (nSPS) is 17.9. The molecule has 3 aromatic heterocycles. The monoisotopic (exact) mass is 446 g/mol. The molecule has 3 aromatic rings. The number of nitrogens with one attached hydrogen (secondary N) is 1. The zero-order chi connectivity index (χ0) is 22.0. The van der Waals surface area contributed by atoms with Crippen molar-refractivity contribution in [2.75, 3.05) is 31.3 Å². The maximum atomic E-state index is 13.1. The Bertz CT molecular complexity index is 1180. The third-order valence-electron chi connectivity index (χ3n) is 5.36. The number of hydrogen-bond acceptors (Lipinski definition) is 7. The van der Waals surface area contributed by atoms with Crippen LogP contribution in [0.2, 0.25) is 0 Å². The molecule has 4 rings (SSSR count). The number of hydrogen-bond donors (Lipinski definition) is 1. The summed E-state index contributed by atoms with van der Waals surface area (Å²) in [4.78, 5) is 17.8. The van der Waals surface area contributed by atoms with E-state index in [0.29, 0.717) is 66.3 Å². The van der Waals surface area contributed by atoms with Gasteiger partial charge in [-0.15, -0.1) is 0 Å². The first-order chi connectivity index (χ1) is 14.9. The SMILES string of the molecule is CCOCCCNC(=O)c1cc(-c2ccco2)nc2c1c(C)nn2C1CCS(=O)(=O)C1. The van der Waals surface area contributed by atoms with Crippen molar-refractivity contribution < 1.29 is 22.4 Å². The Balaban J connectivity index is 1.75. The van der Waals surface area contributed by atoms with E-state index in [-0.39, 0.29) is 23.5 Å². The van der Waals surface area contributed by atoms with Crippen LogP contribution in [0, 0.1) is 6.92 Å². The number of aromatic nitrogens is 3. The molecule has 0 bridgehead atoms. The maximum Gasteiger partial charge on any atom is 0.252 e. The quantitative estimate of drug-likeness (QED) is 0.529. The topological polar surface area (TPSA) is 116 Å². The molecule has 1 aliphatic heterocycles. The summed E-state index contributed by atoms with van der Waals surface area (Å²) in [7, 11) is -3.10. The first-order valence-corrected chi connectivity index (χ1v) is 12.2. The molecule has 1 amide bonds. The van der Waals surface area contributed by atoms with Crippen molar-refractivity contribution in [1.82, 2.24) is 20.1 Å². The zero-order valence-electron chi connectivity index (χ0n) is 17.6. The van der Waals surface area contributed by atoms with Gasteiger partial charge in [-0.25, -0.2) is 18.1 Å². The summed E-state index contributed by atoms with van der Waals surface area (Å²) >= 11 is 0. The second kappa shape index (κ2) is 8.80. The Hall–Kier alpha value is -2.72. The van der Waals surface area contributed by atoms with Gasteiger partial charge in [-0.3, -0.25) is 4.79 Å². The highest BCUT2D eigenvalue weighted by molar-refractivity contribution is 7.91. The Morgan fingerprint density at radius 1 is 1.42 bits per heavy atom. The van der Waals surface area contributed by atoms with Crippen molar-refractivity contribution >= 4 is 26.8 Å². The summed E-state index contributed by atoms with van der Waals surface area (Å²) < 4.78 is 36.5.